The third-order valence-corrected chi connectivity index (χ3v) is 7.62. The van der Waals surface area contributed by atoms with Gasteiger partial charge < -0.3 is 19.4 Å². The predicted octanol–water partition coefficient (Wildman–Crippen LogP) is 3.84. The summed E-state index contributed by atoms with van der Waals surface area (Å²) < 4.78 is 5.24. The Labute approximate surface area is 203 Å². The maximum absolute atomic E-state index is 13.2. The molecule has 182 valence electrons. The SMILES string of the molecule is COc1ccc(CC(=O)N2CCc3nc(N4CCCCC4)nc(N4CCC(C)CC4)c3C2)cc1. The number of carbonyl (C=O) groups is 1. The molecular weight excluding hydrogens is 426 g/mol. The van der Waals surface area contributed by atoms with Crippen molar-refractivity contribution in [3.05, 3.63) is 41.1 Å². The number of carbonyl (C=O) groups excluding carboxylic acids is 1. The maximum atomic E-state index is 13.2. The smallest absolute Gasteiger partial charge is 0.227 e. The van der Waals surface area contributed by atoms with E-state index >= 15 is 0 Å². The van der Waals surface area contributed by atoms with Crippen LogP contribution in [0.1, 0.15) is 55.8 Å². The van der Waals surface area contributed by atoms with Crippen LogP contribution in [0.2, 0.25) is 0 Å². The van der Waals surface area contributed by atoms with Crippen molar-refractivity contribution in [1.82, 2.24) is 14.9 Å². The molecule has 3 aliphatic heterocycles. The van der Waals surface area contributed by atoms with Crippen LogP contribution in [0.5, 0.6) is 5.75 Å². The van der Waals surface area contributed by atoms with Crippen LogP contribution < -0.4 is 14.5 Å². The summed E-state index contributed by atoms with van der Waals surface area (Å²) in [6.07, 6.45) is 7.31. The highest BCUT2D eigenvalue weighted by molar-refractivity contribution is 5.79. The monoisotopic (exact) mass is 463 g/mol. The molecule has 0 radical (unpaired) electrons. The Morgan fingerprint density at radius 3 is 2.41 bits per heavy atom. The maximum Gasteiger partial charge on any atom is 0.227 e. The van der Waals surface area contributed by atoms with Gasteiger partial charge in [-0.25, -0.2) is 4.98 Å². The summed E-state index contributed by atoms with van der Waals surface area (Å²) in [5.41, 5.74) is 3.31. The van der Waals surface area contributed by atoms with Gasteiger partial charge in [0.1, 0.15) is 11.6 Å². The number of rotatable bonds is 5. The number of fused-ring (bicyclic) bond motifs is 1. The van der Waals surface area contributed by atoms with Crippen LogP contribution in [-0.2, 0) is 24.2 Å². The molecule has 3 aliphatic rings. The summed E-state index contributed by atoms with van der Waals surface area (Å²) in [7, 11) is 1.66. The van der Waals surface area contributed by atoms with Crippen LogP contribution in [0.4, 0.5) is 11.8 Å². The highest BCUT2D eigenvalue weighted by atomic mass is 16.5. The molecule has 0 unspecified atom stereocenters. The van der Waals surface area contributed by atoms with E-state index in [4.69, 9.17) is 14.7 Å². The number of benzene rings is 1. The normalized spacial score (nSPS) is 19.2. The zero-order chi connectivity index (χ0) is 23.5. The van der Waals surface area contributed by atoms with E-state index < -0.39 is 0 Å². The zero-order valence-corrected chi connectivity index (χ0v) is 20.6. The molecule has 1 amide bonds. The molecule has 0 N–H and O–H groups in total. The molecule has 7 heteroatoms. The quantitative estimate of drug-likeness (QED) is 0.672. The van der Waals surface area contributed by atoms with Crippen molar-refractivity contribution >= 4 is 17.7 Å². The van der Waals surface area contributed by atoms with Crippen molar-refractivity contribution in [3.63, 3.8) is 0 Å². The van der Waals surface area contributed by atoms with Gasteiger partial charge in [0.05, 0.1) is 25.8 Å². The molecule has 2 saturated heterocycles. The van der Waals surface area contributed by atoms with Crippen molar-refractivity contribution < 1.29 is 9.53 Å². The molecule has 7 nitrogen and oxygen atoms in total. The molecule has 34 heavy (non-hydrogen) atoms. The Morgan fingerprint density at radius 1 is 0.971 bits per heavy atom. The van der Waals surface area contributed by atoms with Gasteiger partial charge in [0.15, 0.2) is 0 Å². The second-order valence-electron chi connectivity index (χ2n) is 10.1. The van der Waals surface area contributed by atoms with Crippen molar-refractivity contribution in [3.8, 4) is 5.75 Å². The summed E-state index contributed by atoms with van der Waals surface area (Å²) in [4.78, 5) is 30.2. The first-order valence-corrected chi connectivity index (χ1v) is 12.9. The molecular formula is C27H37N5O2. The summed E-state index contributed by atoms with van der Waals surface area (Å²) in [5, 5.41) is 0. The number of aromatic nitrogens is 2. The molecule has 2 fully saturated rings. The number of hydrogen-bond donors (Lipinski definition) is 0. The molecule has 2 aromatic rings. The van der Waals surface area contributed by atoms with Gasteiger partial charge in [-0.1, -0.05) is 19.1 Å². The van der Waals surface area contributed by atoms with Gasteiger partial charge in [0, 0.05) is 44.7 Å². The number of anilines is 2. The molecule has 0 saturated carbocycles. The summed E-state index contributed by atoms with van der Waals surface area (Å²) in [6, 6.07) is 7.78. The zero-order valence-electron chi connectivity index (χ0n) is 20.6. The highest BCUT2D eigenvalue weighted by Crippen LogP contribution is 2.32. The first-order valence-electron chi connectivity index (χ1n) is 12.9. The molecule has 0 bridgehead atoms. The lowest BCUT2D eigenvalue weighted by molar-refractivity contribution is -0.131. The third kappa shape index (κ3) is 4.98. The van der Waals surface area contributed by atoms with E-state index in [0.717, 1.165) is 79.4 Å². The number of piperidine rings is 2. The minimum atomic E-state index is 0.161. The van der Waals surface area contributed by atoms with Crippen molar-refractivity contribution in [1.29, 1.82) is 0 Å². The number of amides is 1. The Balaban J connectivity index is 1.38. The molecule has 0 atom stereocenters. The Kier molecular flexibility index (Phi) is 6.88. The average molecular weight is 464 g/mol. The predicted molar refractivity (Wildman–Crippen MR) is 135 cm³/mol. The Bertz CT molecular complexity index is 995. The van der Waals surface area contributed by atoms with Gasteiger partial charge in [-0.3, -0.25) is 4.79 Å². The number of ether oxygens (including phenoxy) is 1. The topological polar surface area (TPSA) is 61.8 Å². The molecule has 0 aliphatic carbocycles. The van der Waals surface area contributed by atoms with E-state index in [1.54, 1.807) is 7.11 Å². The molecule has 0 spiro atoms. The van der Waals surface area contributed by atoms with E-state index in [1.165, 1.54) is 32.1 Å². The standard InChI is InChI=1S/C27H37N5O2/c1-20-10-15-30(16-11-20)26-23-19-32(25(33)18-21-6-8-22(34-2)9-7-21)17-12-24(23)28-27(29-26)31-13-4-3-5-14-31/h6-9,20H,3-5,10-19H2,1-2H3. The van der Waals surface area contributed by atoms with Gasteiger partial charge in [0.25, 0.3) is 0 Å². The second kappa shape index (κ2) is 10.2. The van der Waals surface area contributed by atoms with Gasteiger partial charge in [-0.15, -0.1) is 0 Å². The summed E-state index contributed by atoms with van der Waals surface area (Å²) >= 11 is 0. The van der Waals surface area contributed by atoms with Crippen LogP contribution in [-0.4, -0.2) is 60.6 Å². The first kappa shape index (κ1) is 22.9. The highest BCUT2D eigenvalue weighted by Gasteiger charge is 2.30. The molecule has 4 heterocycles. The van der Waals surface area contributed by atoms with E-state index in [-0.39, 0.29) is 5.91 Å². The molecule has 1 aromatic heterocycles. The lowest BCUT2D eigenvalue weighted by Crippen LogP contribution is -2.41. The van der Waals surface area contributed by atoms with Crippen LogP contribution in [0.3, 0.4) is 0 Å². The van der Waals surface area contributed by atoms with Crippen LogP contribution in [0, 0.1) is 5.92 Å². The van der Waals surface area contributed by atoms with Crippen molar-refractivity contribution in [2.24, 2.45) is 5.92 Å². The minimum absolute atomic E-state index is 0.161. The first-order chi connectivity index (χ1) is 16.6. The second-order valence-corrected chi connectivity index (χ2v) is 10.1. The fraction of sp³-hybridized carbons (Fsp3) is 0.593. The van der Waals surface area contributed by atoms with Gasteiger partial charge in [0.2, 0.25) is 11.9 Å². The van der Waals surface area contributed by atoms with E-state index in [0.29, 0.717) is 13.0 Å². The lowest BCUT2D eigenvalue weighted by atomic mass is 9.98. The lowest BCUT2D eigenvalue weighted by Gasteiger charge is -2.37. The van der Waals surface area contributed by atoms with E-state index in [1.807, 2.05) is 29.2 Å². The molecule has 5 rings (SSSR count). The number of hydrogen-bond acceptors (Lipinski definition) is 6. The molecule has 1 aromatic carbocycles. The van der Waals surface area contributed by atoms with Gasteiger partial charge >= 0.3 is 0 Å². The van der Waals surface area contributed by atoms with E-state index in [9.17, 15) is 4.79 Å². The van der Waals surface area contributed by atoms with Crippen LogP contribution in [0.25, 0.3) is 0 Å². The minimum Gasteiger partial charge on any atom is -0.497 e. The average Bonchev–Trinajstić information content (AvgIpc) is 2.89. The van der Waals surface area contributed by atoms with Crippen molar-refractivity contribution in [2.45, 2.75) is 58.4 Å². The largest absolute Gasteiger partial charge is 0.497 e. The fourth-order valence-corrected chi connectivity index (χ4v) is 5.34. The Hall–Kier alpha value is -2.83. The van der Waals surface area contributed by atoms with Crippen LogP contribution in [0.15, 0.2) is 24.3 Å². The van der Waals surface area contributed by atoms with Gasteiger partial charge in [-0.2, -0.15) is 4.98 Å². The van der Waals surface area contributed by atoms with Crippen LogP contribution >= 0.6 is 0 Å². The van der Waals surface area contributed by atoms with E-state index in [2.05, 4.69) is 16.7 Å². The number of nitrogens with zero attached hydrogens (tertiary/aromatic N) is 5. The number of methoxy groups -OCH3 is 1. The Morgan fingerprint density at radius 2 is 1.71 bits per heavy atom. The fourth-order valence-electron chi connectivity index (χ4n) is 5.34. The third-order valence-electron chi connectivity index (χ3n) is 7.62. The van der Waals surface area contributed by atoms with Gasteiger partial charge in [-0.05, 0) is 55.7 Å². The summed E-state index contributed by atoms with van der Waals surface area (Å²) in [6.45, 7) is 7.81. The van der Waals surface area contributed by atoms with Crippen molar-refractivity contribution in [2.75, 3.05) is 49.6 Å². The summed E-state index contributed by atoms with van der Waals surface area (Å²) in [5.74, 6) is 3.70.